The number of thioether (sulfide) groups is 1. The summed E-state index contributed by atoms with van der Waals surface area (Å²) in [4.78, 5) is 0. The van der Waals surface area contributed by atoms with Crippen molar-refractivity contribution >= 4 is 27.7 Å². The highest BCUT2D eigenvalue weighted by atomic mass is 79.9. The maximum Gasteiger partial charge on any atom is 0.123 e. The first kappa shape index (κ1) is 16.3. The van der Waals surface area contributed by atoms with Crippen LogP contribution >= 0.6 is 27.7 Å². The maximum atomic E-state index is 13.3. The van der Waals surface area contributed by atoms with Gasteiger partial charge in [-0.15, -0.1) is 0 Å². The highest BCUT2D eigenvalue weighted by molar-refractivity contribution is 9.10. The van der Waals surface area contributed by atoms with Crippen LogP contribution in [0.5, 0.6) is 0 Å². The van der Waals surface area contributed by atoms with Gasteiger partial charge in [-0.05, 0) is 43.0 Å². The molecule has 0 saturated heterocycles. The second-order valence-electron chi connectivity index (χ2n) is 5.40. The summed E-state index contributed by atoms with van der Waals surface area (Å²) in [5.74, 6) is 6.43. The van der Waals surface area contributed by atoms with Gasteiger partial charge in [-0.3, -0.25) is 11.3 Å². The largest absolute Gasteiger partial charge is 0.271 e. The fraction of sp³-hybridized carbons (Fsp3) is 0.600. The van der Waals surface area contributed by atoms with Gasteiger partial charge in [0.05, 0.1) is 0 Å². The molecule has 1 unspecified atom stereocenters. The minimum absolute atomic E-state index is 0.181. The molecule has 2 rings (SSSR count). The fourth-order valence-electron chi connectivity index (χ4n) is 2.62. The van der Waals surface area contributed by atoms with Crippen LogP contribution in [-0.4, -0.2) is 17.0 Å². The van der Waals surface area contributed by atoms with E-state index < -0.39 is 0 Å². The van der Waals surface area contributed by atoms with Gasteiger partial charge < -0.3 is 0 Å². The molecule has 1 aliphatic carbocycles. The molecule has 112 valence electrons. The van der Waals surface area contributed by atoms with Gasteiger partial charge in [-0.25, -0.2) is 4.39 Å². The zero-order chi connectivity index (χ0) is 14.4. The van der Waals surface area contributed by atoms with Gasteiger partial charge in [0.25, 0.3) is 0 Å². The zero-order valence-corrected chi connectivity index (χ0v) is 14.0. The van der Waals surface area contributed by atoms with E-state index in [-0.39, 0.29) is 11.9 Å². The molecule has 0 aromatic heterocycles. The summed E-state index contributed by atoms with van der Waals surface area (Å²) in [7, 11) is 0. The van der Waals surface area contributed by atoms with E-state index in [1.807, 2.05) is 11.8 Å². The predicted octanol–water partition coefficient (Wildman–Crippen LogP) is 4.03. The first-order chi connectivity index (χ1) is 9.69. The van der Waals surface area contributed by atoms with Crippen LogP contribution in [0.3, 0.4) is 0 Å². The molecule has 0 bridgehead atoms. The van der Waals surface area contributed by atoms with Crippen molar-refractivity contribution in [3.8, 4) is 0 Å². The minimum Gasteiger partial charge on any atom is -0.271 e. The van der Waals surface area contributed by atoms with E-state index in [2.05, 4.69) is 21.4 Å². The van der Waals surface area contributed by atoms with Gasteiger partial charge in [0, 0.05) is 21.5 Å². The number of benzene rings is 1. The van der Waals surface area contributed by atoms with Crippen LogP contribution in [0.1, 0.15) is 37.7 Å². The Balaban J connectivity index is 1.86. The van der Waals surface area contributed by atoms with Gasteiger partial charge in [-0.2, -0.15) is 11.8 Å². The van der Waals surface area contributed by atoms with Crippen molar-refractivity contribution in [1.29, 1.82) is 0 Å². The maximum absolute atomic E-state index is 13.3. The summed E-state index contributed by atoms with van der Waals surface area (Å²) in [6, 6.07) is 4.99. The molecule has 0 aliphatic heterocycles. The number of hydrazine groups is 1. The molecule has 1 aromatic carbocycles. The summed E-state index contributed by atoms with van der Waals surface area (Å²) >= 11 is 5.48. The quantitative estimate of drug-likeness (QED) is 0.594. The average molecular weight is 361 g/mol. The Hall–Kier alpha value is -0.100. The lowest BCUT2D eigenvalue weighted by atomic mass is 10.0. The lowest BCUT2D eigenvalue weighted by molar-refractivity contribution is 0.513. The van der Waals surface area contributed by atoms with Crippen molar-refractivity contribution in [2.45, 2.75) is 49.8 Å². The number of hydrogen-bond acceptors (Lipinski definition) is 3. The molecule has 0 radical (unpaired) electrons. The second kappa shape index (κ2) is 8.37. The number of nitrogens with two attached hydrogens (primary N) is 1. The van der Waals surface area contributed by atoms with Crippen molar-refractivity contribution in [2.75, 3.05) is 5.75 Å². The predicted molar refractivity (Wildman–Crippen MR) is 88.2 cm³/mol. The topological polar surface area (TPSA) is 38.0 Å². The molecule has 1 aliphatic rings. The molecule has 0 amide bonds. The molecule has 0 spiro atoms. The van der Waals surface area contributed by atoms with E-state index in [4.69, 9.17) is 5.84 Å². The monoisotopic (exact) mass is 360 g/mol. The third-order valence-electron chi connectivity index (χ3n) is 3.80. The lowest BCUT2D eigenvalue weighted by Gasteiger charge is -2.24. The number of hydrogen-bond donors (Lipinski definition) is 2. The Morgan fingerprint density at radius 1 is 1.35 bits per heavy atom. The average Bonchev–Trinajstić information content (AvgIpc) is 2.48. The van der Waals surface area contributed by atoms with Gasteiger partial charge in [0.2, 0.25) is 0 Å². The van der Waals surface area contributed by atoms with E-state index in [0.717, 1.165) is 27.5 Å². The highest BCUT2D eigenvalue weighted by Gasteiger charge is 2.17. The van der Waals surface area contributed by atoms with Crippen LogP contribution < -0.4 is 11.3 Å². The summed E-state index contributed by atoms with van der Waals surface area (Å²) in [6.07, 6.45) is 7.49. The Kier molecular flexibility index (Phi) is 6.81. The van der Waals surface area contributed by atoms with Gasteiger partial charge in [0.15, 0.2) is 0 Å². The molecular weight excluding hydrogens is 339 g/mol. The fourth-order valence-corrected chi connectivity index (χ4v) is 4.41. The van der Waals surface area contributed by atoms with E-state index in [0.29, 0.717) is 0 Å². The highest BCUT2D eigenvalue weighted by Crippen LogP contribution is 2.29. The zero-order valence-electron chi connectivity index (χ0n) is 11.6. The van der Waals surface area contributed by atoms with Crippen LogP contribution in [-0.2, 0) is 6.42 Å². The molecule has 2 nitrogen and oxygen atoms in total. The number of rotatable bonds is 6. The minimum atomic E-state index is -0.195. The molecule has 1 atom stereocenters. The second-order valence-corrected chi connectivity index (χ2v) is 7.58. The molecule has 1 aromatic rings. The van der Waals surface area contributed by atoms with E-state index in [1.54, 1.807) is 12.1 Å². The molecule has 5 heteroatoms. The standard InChI is InChI=1S/C15H22BrFN2S/c16-15-7-6-12(17)8-11(15)9-13(19-18)10-20-14-4-2-1-3-5-14/h6-8,13-14,19H,1-5,9-10,18H2. The molecule has 20 heavy (non-hydrogen) atoms. The summed E-state index contributed by atoms with van der Waals surface area (Å²) in [6.45, 7) is 0. The first-order valence-electron chi connectivity index (χ1n) is 7.20. The number of halogens is 2. The third kappa shape index (κ3) is 5.02. The van der Waals surface area contributed by atoms with E-state index in [1.165, 1.54) is 38.2 Å². The number of nitrogens with one attached hydrogen (secondary N) is 1. The Bertz CT molecular complexity index is 424. The lowest BCUT2D eigenvalue weighted by Crippen LogP contribution is -2.39. The Labute approximate surface area is 133 Å². The van der Waals surface area contributed by atoms with E-state index >= 15 is 0 Å². The van der Waals surface area contributed by atoms with Crippen molar-refractivity contribution in [2.24, 2.45) is 5.84 Å². The van der Waals surface area contributed by atoms with Crippen LogP contribution in [0.15, 0.2) is 22.7 Å². The Morgan fingerprint density at radius 2 is 2.10 bits per heavy atom. The van der Waals surface area contributed by atoms with Gasteiger partial charge >= 0.3 is 0 Å². The van der Waals surface area contributed by atoms with Crippen LogP contribution in [0.2, 0.25) is 0 Å². The smallest absolute Gasteiger partial charge is 0.123 e. The van der Waals surface area contributed by atoms with E-state index in [9.17, 15) is 4.39 Å². The molecule has 3 N–H and O–H groups in total. The van der Waals surface area contributed by atoms with Crippen molar-refractivity contribution in [1.82, 2.24) is 5.43 Å². The normalized spacial score (nSPS) is 18.1. The van der Waals surface area contributed by atoms with Gasteiger partial charge in [-0.1, -0.05) is 35.2 Å². The van der Waals surface area contributed by atoms with Crippen LogP contribution in [0, 0.1) is 5.82 Å². The SMILES string of the molecule is NNC(CSC1CCCCC1)Cc1cc(F)ccc1Br. The molecule has 0 heterocycles. The van der Waals surface area contributed by atoms with Crippen molar-refractivity contribution < 1.29 is 4.39 Å². The van der Waals surface area contributed by atoms with Crippen molar-refractivity contribution in [3.63, 3.8) is 0 Å². The van der Waals surface area contributed by atoms with Crippen LogP contribution in [0.25, 0.3) is 0 Å². The Morgan fingerprint density at radius 3 is 2.80 bits per heavy atom. The van der Waals surface area contributed by atoms with Crippen molar-refractivity contribution in [3.05, 3.63) is 34.1 Å². The molecule has 1 fully saturated rings. The summed E-state index contributed by atoms with van der Waals surface area (Å²) in [5.41, 5.74) is 3.84. The summed E-state index contributed by atoms with van der Waals surface area (Å²) in [5, 5.41) is 0.774. The van der Waals surface area contributed by atoms with Crippen LogP contribution in [0.4, 0.5) is 4.39 Å². The van der Waals surface area contributed by atoms with Gasteiger partial charge in [0.1, 0.15) is 5.82 Å². The third-order valence-corrected chi connectivity index (χ3v) is 6.11. The first-order valence-corrected chi connectivity index (χ1v) is 9.05. The molecule has 1 saturated carbocycles. The summed E-state index contributed by atoms with van der Waals surface area (Å²) < 4.78 is 14.2. The molecular formula is C15H22BrFN2S.